The quantitative estimate of drug-likeness (QED) is 0.392. The summed E-state index contributed by atoms with van der Waals surface area (Å²) < 4.78 is 3.39. The molecule has 1 atom stereocenters. The first-order chi connectivity index (χ1) is 14.2. The van der Waals surface area contributed by atoms with Crippen molar-refractivity contribution < 1.29 is 4.79 Å². The number of para-hydroxylation sites is 1. The largest absolute Gasteiger partial charge is 0.342 e. The first-order valence-electron chi connectivity index (χ1n) is 10.4. The SMILES string of the molecule is CC[C@H]1CCCCN1C(=O)CSc1cn(Cc2ccc(Br)cc2)c2ccccc12. The molecule has 0 radical (unpaired) electrons. The van der Waals surface area contributed by atoms with Gasteiger partial charge in [0.05, 0.1) is 5.75 Å². The van der Waals surface area contributed by atoms with Crippen LogP contribution >= 0.6 is 27.7 Å². The molecule has 0 bridgehead atoms. The molecule has 0 unspecified atom stereocenters. The topological polar surface area (TPSA) is 25.2 Å². The zero-order valence-electron chi connectivity index (χ0n) is 16.8. The number of thioether (sulfide) groups is 1. The maximum atomic E-state index is 12.9. The maximum Gasteiger partial charge on any atom is 0.233 e. The Morgan fingerprint density at radius 1 is 1.14 bits per heavy atom. The molecule has 0 saturated carbocycles. The Bertz CT molecular complexity index is 982. The van der Waals surface area contributed by atoms with Crippen LogP contribution in [0.5, 0.6) is 0 Å². The van der Waals surface area contributed by atoms with Crippen LogP contribution in [0.2, 0.25) is 0 Å². The van der Waals surface area contributed by atoms with Crippen molar-refractivity contribution in [2.75, 3.05) is 12.3 Å². The summed E-state index contributed by atoms with van der Waals surface area (Å²) in [5, 5.41) is 1.23. The zero-order chi connectivity index (χ0) is 20.2. The lowest BCUT2D eigenvalue weighted by molar-refractivity contribution is -0.132. The molecule has 1 saturated heterocycles. The molecule has 3 aromatic rings. The standard InChI is InChI=1S/C24H27BrN2OS/c1-2-20-7-5-6-14-27(20)24(28)17-29-23-16-26(22-9-4-3-8-21(22)23)15-18-10-12-19(25)13-11-18/h3-4,8-13,16,20H,2,5-7,14-15,17H2,1H3/t20-/m0/s1. The Labute approximate surface area is 185 Å². The van der Waals surface area contributed by atoms with E-state index in [1.54, 1.807) is 11.8 Å². The molecular formula is C24H27BrN2OS. The van der Waals surface area contributed by atoms with Crippen molar-refractivity contribution >= 4 is 44.5 Å². The Morgan fingerprint density at radius 3 is 2.72 bits per heavy atom. The van der Waals surface area contributed by atoms with Crippen molar-refractivity contribution in [3.8, 4) is 0 Å². The van der Waals surface area contributed by atoms with Gasteiger partial charge in [-0.3, -0.25) is 4.79 Å². The Morgan fingerprint density at radius 2 is 1.93 bits per heavy atom. The van der Waals surface area contributed by atoms with E-state index in [4.69, 9.17) is 0 Å². The van der Waals surface area contributed by atoms with E-state index in [9.17, 15) is 4.79 Å². The van der Waals surface area contributed by atoms with Gasteiger partial charge in [-0.05, 0) is 49.4 Å². The highest BCUT2D eigenvalue weighted by molar-refractivity contribution is 9.10. The summed E-state index contributed by atoms with van der Waals surface area (Å²) in [6.45, 7) is 3.94. The lowest BCUT2D eigenvalue weighted by atomic mass is 10.0. The third-order valence-corrected chi connectivity index (χ3v) is 7.34. The molecule has 29 heavy (non-hydrogen) atoms. The van der Waals surface area contributed by atoms with Gasteiger partial charge in [0.2, 0.25) is 5.91 Å². The summed E-state index contributed by atoms with van der Waals surface area (Å²) >= 11 is 5.18. The fourth-order valence-electron chi connectivity index (χ4n) is 4.22. The molecule has 4 rings (SSSR count). The minimum atomic E-state index is 0.284. The van der Waals surface area contributed by atoms with E-state index in [2.05, 4.69) is 87.0 Å². The van der Waals surface area contributed by atoms with Crippen LogP contribution in [0.3, 0.4) is 0 Å². The predicted molar refractivity (Wildman–Crippen MR) is 126 cm³/mol. The van der Waals surface area contributed by atoms with Crippen LogP contribution in [-0.4, -0.2) is 33.7 Å². The molecule has 2 aromatic carbocycles. The second-order valence-electron chi connectivity index (χ2n) is 7.70. The van der Waals surface area contributed by atoms with Crippen molar-refractivity contribution in [1.82, 2.24) is 9.47 Å². The number of amides is 1. The number of rotatable bonds is 6. The fourth-order valence-corrected chi connectivity index (χ4v) is 5.46. The number of halogens is 1. The predicted octanol–water partition coefficient (Wildman–Crippen LogP) is 6.34. The van der Waals surface area contributed by atoms with E-state index in [-0.39, 0.29) is 5.91 Å². The second-order valence-corrected chi connectivity index (χ2v) is 9.63. The number of carbonyl (C=O) groups excluding carboxylic acids is 1. The Kier molecular flexibility index (Phi) is 6.66. The van der Waals surface area contributed by atoms with Gasteiger partial charge in [0, 0.05) is 45.6 Å². The smallest absolute Gasteiger partial charge is 0.233 e. The van der Waals surface area contributed by atoms with Gasteiger partial charge in [-0.15, -0.1) is 11.8 Å². The average Bonchev–Trinajstić information content (AvgIpc) is 3.11. The molecule has 1 aliphatic heterocycles. The summed E-state index contributed by atoms with van der Waals surface area (Å²) in [5.74, 6) is 0.800. The molecule has 0 N–H and O–H groups in total. The number of carbonyl (C=O) groups is 1. The van der Waals surface area contributed by atoms with Gasteiger partial charge in [0.25, 0.3) is 0 Å². The van der Waals surface area contributed by atoms with Gasteiger partial charge in [0.15, 0.2) is 0 Å². The number of benzene rings is 2. The van der Waals surface area contributed by atoms with E-state index < -0.39 is 0 Å². The molecule has 1 fully saturated rings. The molecule has 1 aliphatic rings. The van der Waals surface area contributed by atoms with E-state index in [1.807, 2.05) is 0 Å². The minimum absolute atomic E-state index is 0.284. The molecule has 2 heterocycles. The lowest BCUT2D eigenvalue weighted by Crippen LogP contribution is -2.44. The van der Waals surface area contributed by atoms with E-state index in [0.29, 0.717) is 11.8 Å². The van der Waals surface area contributed by atoms with Crippen LogP contribution in [-0.2, 0) is 11.3 Å². The molecule has 0 aliphatic carbocycles. The number of hydrogen-bond acceptors (Lipinski definition) is 2. The first kappa shape index (κ1) is 20.5. The van der Waals surface area contributed by atoms with Gasteiger partial charge in [-0.1, -0.05) is 53.2 Å². The lowest BCUT2D eigenvalue weighted by Gasteiger charge is -2.35. The van der Waals surface area contributed by atoms with Crippen LogP contribution in [0, 0.1) is 0 Å². The molecule has 5 heteroatoms. The van der Waals surface area contributed by atoms with Gasteiger partial charge < -0.3 is 9.47 Å². The third kappa shape index (κ3) is 4.72. The normalized spacial score (nSPS) is 17.0. The average molecular weight is 471 g/mol. The van der Waals surface area contributed by atoms with Crippen LogP contribution in [0.4, 0.5) is 0 Å². The summed E-state index contributed by atoms with van der Waals surface area (Å²) in [6.07, 6.45) is 6.80. The summed E-state index contributed by atoms with van der Waals surface area (Å²) in [4.78, 5) is 16.2. The van der Waals surface area contributed by atoms with Gasteiger partial charge in [-0.25, -0.2) is 0 Å². The second kappa shape index (κ2) is 9.40. The zero-order valence-corrected chi connectivity index (χ0v) is 19.2. The van der Waals surface area contributed by atoms with Gasteiger partial charge in [-0.2, -0.15) is 0 Å². The highest BCUT2D eigenvalue weighted by atomic mass is 79.9. The summed E-state index contributed by atoms with van der Waals surface area (Å²) in [7, 11) is 0. The van der Waals surface area contributed by atoms with E-state index in [1.165, 1.54) is 27.8 Å². The van der Waals surface area contributed by atoms with Crippen LogP contribution in [0.15, 0.2) is 64.1 Å². The summed E-state index contributed by atoms with van der Waals surface area (Å²) in [5.41, 5.74) is 2.48. The minimum Gasteiger partial charge on any atom is -0.342 e. The molecular weight excluding hydrogens is 444 g/mol. The number of fused-ring (bicyclic) bond motifs is 1. The Balaban J connectivity index is 1.51. The Hall–Kier alpha value is -1.72. The number of likely N-dealkylation sites (tertiary alicyclic amines) is 1. The monoisotopic (exact) mass is 470 g/mol. The van der Waals surface area contributed by atoms with Crippen LogP contribution in [0.1, 0.15) is 38.2 Å². The first-order valence-corrected chi connectivity index (χ1v) is 12.2. The molecule has 1 aromatic heterocycles. The molecule has 3 nitrogen and oxygen atoms in total. The third-order valence-electron chi connectivity index (χ3n) is 5.79. The maximum absolute atomic E-state index is 12.9. The number of hydrogen-bond donors (Lipinski definition) is 0. The van der Waals surface area contributed by atoms with E-state index >= 15 is 0 Å². The number of nitrogens with zero attached hydrogens (tertiary/aromatic N) is 2. The molecule has 152 valence electrons. The van der Waals surface area contributed by atoms with Crippen LogP contribution < -0.4 is 0 Å². The van der Waals surface area contributed by atoms with Crippen molar-refractivity contribution in [2.24, 2.45) is 0 Å². The van der Waals surface area contributed by atoms with Gasteiger partial charge in [0.1, 0.15) is 0 Å². The number of piperidine rings is 1. The van der Waals surface area contributed by atoms with Crippen molar-refractivity contribution in [3.63, 3.8) is 0 Å². The number of aromatic nitrogens is 1. The van der Waals surface area contributed by atoms with E-state index in [0.717, 1.165) is 36.8 Å². The molecule has 0 spiro atoms. The molecule has 1 amide bonds. The van der Waals surface area contributed by atoms with Crippen molar-refractivity contribution in [3.05, 3.63) is 64.8 Å². The highest BCUT2D eigenvalue weighted by Gasteiger charge is 2.25. The fraction of sp³-hybridized carbons (Fsp3) is 0.375. The van der Waals surface area contributed by atoms with Gasteiger partial charge >= 0.3 is 0 Å². The summed E-state index contributed by atoms with van der Waals surface area (Å²) in [6, 6.07) is 17.4. The van der Waals surface area contributed by atoms with Crippen molar-refractivity contribution in [1.29, 1.82) is 0 Å². The highest BCUT2D eigenvalue weighted by Crippen LogP contribution is 2.31. The van der Waals surface area contributed by atoms with Crippen molar-refractivity contribution in [2.45, 2.75) is 50.1 Å². The van der Waals surface area contributed by atoms with Crippen LogP contribution in [0.25, 0.3) is 10.9 Å².